The van der Waals surface area contributed by atoms with Gasteiger partial charge in [-0.25, -0.2) is 4.79 Å². The van der Waals surface area contributed by atoms with Crippen LogP contribution in [0.5, 0.6) is 0 Å². The summed E-state index contributed by atoms with van der Waals surface area (Å²) in [7, 11) is 0. The van der Waals surface area contributed by atoms with E-state index < -0.39 is 12.1 Å². The molecule has 2 N–H and O–H groups in total. The lowest BCUT2D eigenvalue weighted by Gasteiger charge is -2.22. The molecule has 1 aromatic carbocycles. The minimum absolute atomic E-state index is 0.00792. The third-order valence-electron chi connectivity index (χ3n) is 4.43. The average Bonchev–Trinajstić information content (AvgIpc) is 2.96. The fourth-order valence-electron chi connectivity index (χ4n) is 3.12. The maximum Gasteiger partial charge on any atom is 0.329 e. The quantitative estimate of drug-likeness (QED) is 0.444. The van der Waals surface area contributed by atoms with Crippen LogP contribution in [0.1, 0.15) is 31.2 Å². The topological polar surface area (TPSA) is 87.1 Å². The molecule has 2 atom stereocenters. The molecule has 0 aromatic heterocycles. The smallest absolute Gasteiger partial charge is 0.329 e. The number of rotatable bonds is 11. The van der Waals surface area contributed by atoms with Crippen molar-refractivity contribution in [2.75, 3.05) is 19.8 Å². The summed E-state index contributed by atoms with van der Waals surface area (Å²) in [5.74, 6) is -0.869. The number of unbranched alkanes of at least 4 members (excludes halogenated alkanes) is 1. The van der Waals surface area contributed by atoms with Gasteiger partial charge in [-0.2, -0.15) is 0 Å². The molecule has 1 amide bonds. The van der Waals surface area contributed by atoms with Gasteiger partial charge in [-0.05, 0) is 37.0 Å². The summed E-state index contributed by atoms with van der Waals surface area (Å²) in [4.78, 5) is 24.3. The Morgan fingerprint density at radius 3 is 2.96 bits per heavy atom. The predicted octanol–water partition coefficient (Wildman–Crippen LogP) is 2.67. The van der Waals surface area contributed by atoms with E-state index >= 15 is 0 Å². The molecule has 148 valence electrons. The highest BCUT2D eigenvalue weighted by molar-refractivity contribution is 6.30. The SMILES string of the molecule is O=C(O)COCCCCN1C(=O)CCC1/C=C/C(O)Cc1cccc(Cl)c1. The zero-order valence-corrected chi connectivity index (χ0v) is 16.0. The van der Waals surface area contributed by atoms with E-state index in [4.69, 9.17) is 21.4 Å². The van der Waals surface area contributed by atoms with Crippen LogP contribution in [-0.4, -0.2) is 58.9 Å². The second-order valence-electron chi connectivity index (χ2n) is 6.63. The number of aliphatic hydroxyl groups excluding tert-OH is 1. The molecule has 0 saturated carbocycles. The standard InChI is InChI=1S/C20H26ClNO5/c21-16-5-3-4-15(12-16)13-18(23)8-6-17-7-9-19(24)22(17)10-1-2-11-27-14-20(25)26/h3-6,8,12,17-18,23H,1-2,7,9-11,13-14H2,(H,25,26)/b8-6+. The molecule has 6 nitrogen and oxygen atoms in total. The molecule has 1 saturated heterocycles. The van der Waals surface area contributed by atoms with Gasteiger partial charge in [0.05, 0.1) is 12.1 Å². The summed E-state index contributed by atoms with van der Waals surface area (Å²) >= 11 is 5.96. The van der Waals surface area contributed by atoms with E-state index in [1.165, 1.54) is 0 Å². The number of aliphatic hydroxyl groups is 1. The van der Waals surface area contributed by atoms with Crippen molar-refractivity contribution < 1.29 is 24.5 Å². The van der Waals surface area contributed by atoms with Crippen molar-refractivity contribution in [3.63, 3.8) is 0 Å². The lowest BCUT2D eigenvalue weighted by Crippen LogP contribution is -2.33. The molecule has 7 heteroatoms. The van der Waals surface area contributed by atoms with Crippen LogP contribution in [-0.2, 0) is 20.7 Å². The largest absolute Gasteiger partial charge is 0.480 e. The van der Waals surface area contributed by atoms with Gasteiger partial charge in [0, 0.05) is 31.0 Å². The van der Waals surface area contributed by atoms with E-state index in [0.717, 1.165) is 18.4 Å². The molecule has 2 unspecified atom stereocenters. The molecule has 0 aliphatic carbocycles. The Morgan fingerprint density at radius 1 is 1.41 bits per heavy atom. The van der Waals surface area contributed by atoms with E-state index in [2.05, 4.69) is 0 Å². The van der Waals surface area contributed by atoms with E-state index in [9.17, 15) is 14.7 Å². The average molecular weight is 396 g/mol. The summed E-state index contributed by atoms with van der Waals surface area (Å²) in [6, 6.07) is 7.39. The van der Waals surface area contributed by atoms with Crippen molar-refractivity contribution in [2.24, 2.45) is 0 Å². The number of amides is 1. The number of likely N-dealkylation sites (tertiary alicyclic amines) is 1. The lowest BCUT2D eigenvalue weighted by molar-refractivity contribution is -0.142. The Labute approximate surface area is 164 Å². The summed E-state index contributed by atoms with van der Waals surface area (Å²) in [5.41, 5.74) is 0.959. The van der Waals surface area contributed by atoms with E-state index in [1.807, 2.05) is 29.2 Å². The maximum absolute atomic E-state index is 12.1. The van der Waals surface area contributed by atoms with Gasteiger partial charge < -0.3 is 19.8 Å². The molecule has 1 fully saturated rings. The lowest BCUT2D eigenvalue weighted by atomic mass is 10.1. The van der Waals surface area contributed by atoms with Gasteiger partial charge in [-0.1, -0.05) is 35.9 Å². The van der Waals surface area contributed by atoms with Gasteiger partial charge in [-0.3, -0.25) is 4.79 Å². The summed E-state index contributed by atoms with van der Waals surface area (Å²) < 4.78 is 5.00. The fraction of sp³-hybridized carbons (Fsp3) is 0.500. The van der Waals surface area contributed by atoms with Crippen molar-refractivity contribution in [1.82, 2.24) is 4.90 Å². The van der Waals surface area contributed by atoms with Crippen molar-refractivity contribution >= 4 is 23.5 Å². The minimum atomic E-state index is -0.980. The van der Waals surface area contributed by atoms with Gasteiger partial charge in [0.15, 0.2) is 0 Å². The van der Waals surface area contributed by atoms with E-state index in [1.54, 1.807) is 12.1 Å². The first kappa shape index (κ1) is 21.4. The summed E-state index contributed by atoms with van der Waals surface area (Å²) in [6.07, 6.45) is 6.19. The molecule has 1 heterocycles. The van der Waals surface area contributed by atoms with E-state index in [0.29, 0.717) is 37.4 Å². The first-order valence-electron chi connectivity index (χ1n) is 9.15. The molecule has 0 spiro atoms. The number of carboxylic acid groups (broad SMARTS) is 1. The Morgan fingerprint density at radius 2 is 2.22 bits per heavy atom. The molecule has 1 aliphatic heterocycles. The van der Waals surface area contributed by atoms with Crippen LogP contribution in [0.15, 0.2) is 36.4 Å². The van der Waals surface area contributed by atoms with Crippen molar-refractivity contribution in [2.45, 2.75) is 44.2 Å². The van der Waals surface area contributed by atoms with Crippen LogP contribution in [0.2, 0.25) is 5.02 Å². The molecule has 27 heavy (non-hydrogen) atoms. The molecular formula is C20H26ClNO5. The number of benzene rings is 1. The highest BCUT2D eigenvalue weighted by Crippen LogP contribution is 2.21. The van der Waals surface area contributed by atoms with E-state index in [-0.39, 0.29) is 18.6 Å². The second kappa shape index (κ2) is 11.1. The third-order valence-corrected chi connectivity index (χ3v) is 4.66. The number of hydrogen-bond donors (Lipinski definition) is 2. The number of ether oxygens (including phenoxy) is 1. The van der Waals surface area contributed by atoms with Gasteiger partial charge in [-0.15, -0.1) is 0 Å². The minimum Gasteiger partial charge on any atom is -0.480 e. The maximum atomic E-state index is 12.1. The number of aliphatic carboxylic acids is 1. The number of carbonyl (C=O) groups is 2. The van der Waals surface area contributed by atoms with Gasteiger partial charge in [0.1, 0.15) is 6.61 Å². The van der Waals surface area contributed by atoms with Crippen LogP contribution < -0.4 is 0 Å². The monoisotopic (exact) mass is 395 g/mol. The molecule has 1 aliphatic rings. The second-order valence-corrected chi connectivity index (χ2v) is 7.07. The Bertz CT molecular complexity index is 664. The van der Waals surface area contributed by atoms with Crippen LogP contribution in [0, 0.1) is 0 Å². The van der Waals surface area contributed by atoms with Crippen LogP contribution in [0.4, 0.5) is 0 Å². The number of hydrogen-bond acceptors (Lipinski definition) is 4. The third kappa shape index (κ3) is 7.71. The summed E-state index contributed by atoms with van der Waals surface area (Å²) in [6.45, 7) is 0.681. The number of halogens is 1. The molecule has 2 rings (SSSR count). The zero-order chi connectivity index (χ0) is 19.6. The predicted molar refractivity (Wildman–Crippen MR) is 103 cm³/mol. The molecule has 0 bridgehead atoms. The zero-order valence-electron chi connectivity index (χ0n) is 15.2. The van der Waals surface area contributed by atoms with Gasteiger partial charge in [0.25, 0.3) is 0 Å². The first-order chi connectivity index (χ1) is 13.0. The van der Waals surface area contributed by atoms with Crippen LogP contribution >= 0.6 is 11.6 Å². The number of nitrogens with zero attached hydrogens (tertiary/aromatic N) is 1. The molecule has 0 radical (unpaired) electrons. The van der Waals surface area contributed by atoms with Crippen molar-refractivity contribution in [3.8, 4) is 0 Å². The summed E-state index contributed by atoms with van der Waals surface area (Å²) in [5, 5.41) is 19.4. The Kier molecular flexibility index (Phi) is 8.78. The normalized spacial score (nSPS) is 18.4. The fourth-order valence-corrected chi connectivity index (χ4v) is 3.34. The number of carbonyl (C=O) groups excluding carboxylic acids is 1. The van der Waals surface area contributed by atoms with Gasteiger partial charge >= 0.3 is 5.97 Å². The van der Waals surface area contributed by atoms with Crippen molar-refractivity contribution in [1.29, 1.82) is 0 Å². The highest BCUT2D eigenvalue weighted by Gasteiger charge is 2.28. The Hall–Kier alpha value is -1.89. The molecule has 1 aromatic rings. The molecular weight excluding hydrogens is 370 g/mol. The number of carboxylic acids is 1. The van der Waals surface area contributed by atoms with Gasteiger partial charge in [0.2, 0.25) is 5.91 Å². The van der Waals surface area contributed by atoms with Crippen LogP contribution in [0.25, 0.3) is 0 Å². The Balaban J connectivity index is 1.77. The highest BCUT2D eigenvalue weighted by atomic mass is 35.5. The van der Waals surface area contributed by atoms with Crippen LogP contribution in [0.3, 0.4) is 0 Å². The van der Waals surface area contributed by atoms with Crippen molar-refractivity contribution in [3.05, 3.63) is 47.0 Å². The first-order valence-corrected chi connectivity index (χ1v) is 9.53.